The molecule has 1 aromatic heterocycles. The Morgan fingerprint density at radius 1 is 1.06 bits per heavy atom. The van der Waals surface area contributed by atoms with Crippen molar-refractivity contribution >= 4 is 22.5 Å². The second-order valence-electron chi connectivity index (χ2n) is 9.53. The van der Waals surface area contributed by atoms with Crippen LogP contribution < -0.4 is 0 Å². The summed E-state index contributed by atoms with van der Waals surface area (Å²) in [5.74, 6) is 1.99. The molecule has 0 N–H and O–H groups in total. The third-order valence-corrected chi connectivity index (χ3v) is 7.23. The van der Waals surface area contributed by atoms with Crippen LogP contribution in [0.15, 0.2) is 52.9 Å². The molecule has 32 heavy (non-hydrogen) atoms. The van der Waals surface area contributed by atoms with Gasteiger partial charge in [-0.1, -0.05) is 49.4 Å². The number of piperidine rings is 3. The van der Waals surface area contributed by atoms with Gasteiger partial charge in [-0.15, -0.1) is 0 Å². The van der Waals surface area contributed by atoms with Crippen molar-refractivity contribution in [1.29, 1.82) is 0 Å². The van der Waals surface area contributed by atoms with Crippen LogP contribution >= 0.6 is 0 Å². The number of carbonyl (C=O) groups excluding carboxylic acids is 2. The molecule has 166 valence electrons. The van der Waals surface area contributed by atoms with Gasteiger partial charge in [0.1, 0.15) is 11.4 Å². The van der Waals surface area contributed by atoms with E-state index in [1.807, 2.05) is 49.4 Å². The van der Waals surface area contributed by atoms with Gasteiger partial charge in [0.25, 0.3) is 0 Å². The van der Waals surface area contributed by atoms with Gasteiger partial charge in [-0.05, 0) is 61.4 Å². The minimum atomic E-state index is 0.116. The summed E-state index contributed by atoms with van der Waals surface area (Å²) in [4.78, 5) is 27.7. The SMILES string of the molecule is CCCC(=O)Cc1cccc(-c2cccc3cc(C(=O)C[C@H]4CN5CCC4CC5)oc23)c1. The largest absolute Gasteiger partial charge is 0.452 e. The number of para-hydroxylation sites is 1. The van der Waals surface area contributed by atoms with E-state index in [0.29, 0.717) is 36.9 Å². The Bertz CT molecular complexity index is 1140. The predicted molar refractivity (Wildman–Crippen MR) is 127 cm³/mol. The van der Waals surface area contributed by atoms with E-state index in [-0.39, 0.29) is 11.6 Å². The summed E-state index contributed by atoms with van der Waals surface area (Å²) in [7, 11) is 0. The van der Waals surface area contributed by atoms with E-state index >= 15 is 0 Å². The fourth-order valence-electron chi connectivity index (χ4n) is 5.53. The van der Waals surface area contributed by atoms with Crippen molar-refractivity contribution in [3.05, 3.63) is 59.9 Å². The number of hydrogen-bond acceptors (Lipinski definition) is 4. The second kappa shape index (κ2) is 9.03. The smallest absolute Gasteiger partial charge is 0.198 e. The first-order valence-corrected chi connectivity index (χ1v) is 12.0. The molecule has 3 aliphatic heterocycles. The number of rotatable bonds is 8. The van der Waals surface area contributed by atoms with Crippen LogP contribution in [0, 0.1) is 11.8 Å². The zero-order valence-corrected chi connectivity index (χ0v) is 18.8. The zero-order valence-electron chi connectivity index (χ0n) is 18.8. The number of hydrogen-bond donors (Lipinski definition) is 0. The molecule has 0 unspecified atom stereocenters. The van der Waals surface area contributed by atoms with Gasteiger partial charge in [0.15, 0.2) is 11.5 Å². The quantitative estimate of drug-likeness (QED) is 0.417. The van der Waals surface area contributed by atoms with Gasteiger partial charge in [-0.3, -0.25) is 9.59 Å². The van der Waals surface area contributed by atoms with Crippen LogP contribution in [-0.4, -0.2) is 36.1 Å². The van der Waals surface area contributed by atoms with Crippen LogP contribution in [0.3, 0.4) is 0 Å². The molecular formula is C28H31NO3. The molecule has 2 bridgehead atoms. The summed E-state index contributed by atoms with van der Waals surface area (Å²) in [6, 6.07) is 16.0. The minimum absolute atomic E-state index is 0.116. The number of furan rings is 1. The number of nitrogens with zero attached hydrogens (tertiary/aromatic N) is 1. The second-order valence-corrected chi connectivity index (χ2v) is 9.53. The summed E-state index contributed by atoms with van der Waals surface area (Å²) in [5, 5.41) is 0.951. The van der Waals surface area contributed by atoms with E-state index in [1.54, 1.807) is 0 Å². The highest BCUT2D eigenvalue weighted by molar-refractivity contribution is 6.01. The average molecular weight is 430 g/mol. The molecule has 4 heteroatoms. The van der Waals surface area contributed by atoms with Crippen LogP contribution in [0.25, 0.3) is 22.1 Å². The molecule has 0 saturated carbocycles. The molecule has 3 saturated heterocycles. The Hall–Kier alpha value is -2.72. The Morgan fingerprint density at radius 3 is 2.62 bits per heavy atom. The monoisotopic (exact) mass is 429 g/mol. The first kappa shape index (κ1) is 21.1. The van der Waals surface area contributed by atoms with Crippen LogP contribution in [-0.2, 0) is 11.2 Å². The number of benzene rings is 2. The Labute approximate surface area is 189 Å². The van der Waals surface area contributed by atoms with Crippen molar-refractivity contribution in [3.63, 3.8) is 0 Å². The van der Waals surface area contributed by atoms with Gasteiger partial charge in [-0.25, -0.2) is 0 Å². The third-order valence-electron chi connectivity index (χ3n) is 7.23. The van der Waals surface area contributed by atoms with Gasteiger partial charge in [0.05, 0.1) is 0 Å². The van der Waals surface area contributed by atoms with Crippen molar-refractivity contribution in [2.24, 2.45) is 11.8 Å². The predicted octanol–water partition coefficient (Wildman–Crippen LogP) is 5.93. The standard InChI is InChI=1S/C28H31NO3/c1-2-5-24(30)15-19-6-3-7-21(14-19)25-9-4-8-22-17-27(32-28(22)25)26(31)16-23-18-29-12-10-20(23)11-13-29/h3-4,6-9,14,17,20,23H,2,5,10-13,15-16,18H2,1H3/t23-/m0/s1. The number of carbonyl (C=O) groups is 2. The summed E-state index contributed by atoms with van der Waals surface area (Å²) in [5.41, 5.74) is 3.75. The first-order valence-electron chi connectivity index (χ1n) is 12.0. The molecule has 0 radical (unpaired) electrons. The van der Waals surface area contributed by atoms with Crippen molar-refractivity contribution < 1.29 is 14.0 Å². The first-order chi connectivity index (χ1) is 15.6. The van der Waals surface area contributed by atoms with E-state index in [2.05, 4.69) is 11.0 Å². The Kier molecular flexibility index (Phi) is 5.97. The molecule has 3 aromatic rings. The number of ketones is 2. The molecule has 4 nitrogen and oxygen atoms in total. The summed E-state index contributed by atoms with van der Waals surface area (Å²) in [6.45, 7) is 5.45. The number of Topliss-reactive ketones (excluding diaryl/α,β-unsaturated/α-hetero) is 2. The van der Waals surface area contributed by atoms with Gasteiger partial charge < -0.3 is 9.32 Å². The lowest BCUT2D eigenvalue weighted by atomic mass is 9.76. The molecule has 0 spiro atoms. The molecule has 3 aliphatic rings. The van der Waals surface area contributed by atoms with Crippen LogP contribution in [0.1, 0.15) is 55.1 Å². The topological polar surface area (TPSA) is 50.5 Å². The zero-order chi connectivity index (χ0) is 22.1. The van der Waals surface area contributed by atoms with Gasteiger partial charge in [0, 0.05) is 36.8 Å². The van der Waals surface area contributed by atoms with E-state index in [0.717, 1.165) is 40.6 Å². The highest BCUT2D eigenvalue weighted by Gasteiger charge is 2.35. The summed E-state index contributed by atoms with van der Waals surface area (Å²) in [6.07, 6.45) is 4.97. The molecule has 3 fully saturated rings. The van der Waals surface area contributed by atoms with Crippen LogP contribution in [0.2, 0.25) is 0 Å². The fourth-order valence-corrected chi connectivity index (χ4v) is 5.53. The Morgan fingerprint density at radius 2 is 1.88 bits per heavy atom. The molecular weight excluding hydrogens is 398 g/mol. The number of fused-ring (bicyclic) bond motifs is 4. The molecule has 0 amide bonds. The summed E-state index contributed by atoms with van der Waals surface area (Å²) < 4.78 is 6.17. The highest BCUT2D eigenvalue weighted by Crippen LogP contribution is 2.36. The van der Waals surface area contributed by atoms with Gasteiger partial charge in [-0.2, -0.15) is 0 Å². The van der Waals surface area contributed by atoms with Gasteiger partial charge >= 0.3 is 0 Å². The molecule has 1 atom stereocenters. The molecule has 0 aliphatic carbocycles. The van der Waals surface area contributed by atoms with E-state index in [9.17, 15) is 9.59 Å². The lowest BCUT2D eigenvalue weighted by Gasteiger charge is -2.44. The maximum absolute atomic E-state index is 13.1. The summed E-state index contributed by atoms with van der Waals surface area (Å²) >= 11 is 0. The lowest BCUT2D eigenvalue weighted by molar-refractivity contribution is -0.118. The van der Waals surface area contributed by atoms with E-state index < -0.39 is 0 Å². The van der Waals surface area contributed by atoms with Crippen molar-refractivity contribution in [2.75, 3.05) is 19.6 Å². The van der Waals surface area contributed by atoms with Crippen molar-refractivity contribution in [2.45, 2.75) is 45.4 Å². The highest BCUT2D eigenvalue weighted by atomic mass is 16.3. The van der Waals surface area contributed by atoms with E-state index in [1.165, 1.54) is 25.9 Å². The third kappa shape index (κ3) is 4.29. The van der Waals surface area contributed by atoms with Crippen LogP contribution in [0.4, 0.5) is 0 Å². The Balaban J connectivity index is 1.39. The van der Waals surface area contributed by atoms with E-state index in [4.69, 9.17) is 4.42 Å². The average Bonchev–Trinajstić information content (AvgIpc) is 3.25. The molecule has 6 rings (SSSR count). The lowest BCUT2D eigenvalue weighted by Crippen LogP contribution is -2.47. The van der Waals surface area contributed by atoms with Crippen LogP contribution in [0.5, 0.6) is 0 Å². The van der Waals surface area contributed by atoms with Crippen molar-refractivity contribution in [1.82, 2.24) is 4.90 Å². The minimum Gasteiger partial charge on any atom is -0.452 e. The maximum Gasteiger partial charge on any atom is 0.198 e. The molecule has 4 heterocycles. The maximum atomic E-state index is 13.1. The van der Waals surface area contributed by atoms with Crippen molar-refractivity contribution in [3.8, 4) is 11.1 Å². The van der Waals surface area contributed by atoms with Gasteiger partial charge in [0.2, 0.25) is 0 Å². The normalized spacial score (nSPS) is 22.3. The molecule has 2 aromatic carbocycles. The fraction of sp³-hybridized carbons (Fsp3) is 0.429.